The molecule has 19 heavy (non-hydrogen) atoms. The quantitative estimate of drug-likeness (QED) is 0.761. The van der Waals surface area contributed by atoms with Gasteiger partial charge in [-0.2, -0.15) is 0 Å². The van der Waals surface area contributed by atoms with Crippen molar-refractivity contribution in [2.24, 2.45) is 5.41 Å². The fourth-order valence-corrected chi connectivity index (χ4v) is 2.31. The number of terminal acetylenes is 1. The molecule has 0 aliphatic carbocycles. The van der Waals surface area contributed by atoms with Crippen molar-refractivity contribution in [2.75, 3.05) is 13.1 Å². The molecule has 0 radical (unpaired) electrons. The Balaban J connectivity index is 1.88. The van der Waals surface area contributed by atoms with Crippen LogP contribution in [0.25, 0.3) is 0 Å². The number of ether oxygens (including phenoxy) is 1. The zero-order valence-electron chi connectivity index (χ0n) is 11.3. The molecule has 1 aromatic carbocycles. The van der Waals surface area contributed by atoms with Crippen LogP contribution in [0.3, 0.4) is 0 Å². The maximum atomic E-state index is 12.0. The van der Waals surface area contributed by atoms with Gasteiger partial charge in [0.05, 0.1) is 0 Å². The number of piperidine rings is 1. The molecule has 0 spiro atoms. The highest BCUT2D eigenvalue weighted by molar-refractivity contribution is 5.70. The van der Waals surface area contributed by atoms with Crippen molar-refractivity contribution in [3.8, 4) is 18.1 Å². The van der Waals surface area contributed by atoms with E-state index in [9.17, 15) is 4.79 Å². The molecule has 2 rings (SSSR count). The highest BCUT2D eigenvalue weighted by atomic mass is 16.6. The van der Waals surface area contributed by atoms with Gasteiger partial charge in [-0.05, 0) is 30.4 Å². The molecule has 3 heteroatoms. The minimum absolute atomic E-state index is 0.165. The number of amides is 1. The number of hydrogen-bond donors (Lipinski definition) is 0. The van der Waals surface area contributed by atoms with Crippen molar-refractivity contribution < 1.29 is 9.53 Å². The number of carbonyl (C=O) groups is 1. The van der Waals surface area contributed by atoms with Gasteiger partial charge in [0, 0.05) is 19.5 Å². The van der Waals surface area contributed by atoms with Gasteiger partial charge in [0.15, 0.2) is 0 Å². The van der Waals surface area contributed by atoms with Crippen LogP contribution in [0.4, 0.5) is 4.79 Å². The van der Waals surface area contributed by atoms with Crippen LogP contribution in [0.2, 0.25) is 0 Å². The Morgan fingerprint density at radius 2 is 2.00 bits per heavy atom. The SMILES string of the molecule is C#CCC1(C)CCN(C(=O)Oc2ccccc2)CC1. The van der Waals surface area contributed by atoms with Crippen LogP contribution < -0.4 is 4.74 Å². The molecule has 1 aromatic rings. The molecule has 0 bridgehead atoms. The van der Waals surface area contributed by atoms with Crippen molar-refractivity contribution in [2.45, 2.75) is 26.2 Å². The van der Waals surface area contributed by atoms with Gasteiger partial charge >= 0.3 is 6.09 Å². The molecular formula is C16H19NO2. The molecule has 0 aromatic heterocycles. The normalized spacial score (nSPS) is 17.6. The molecule has 0 N–H and O–H groups in total. The Hall–Kier alpha value is -1.95. The second kappa shape index (κ2) is 5.79. The molecule has 1 saturated heterocycles. The van der Waals surface area contributed by atoms with Crippen molar-refractivity contribution in [1.29, 1.82) is 0 Å². The van der Waals surface area contributed by atoms with E-state index in [1.54, 1.807) is 17.0 Å². The molecular weight excluding hydrogens is 238 g/mol. The Morgan fingerprint density at radius 1 is 1.37 bits per heavy atom. The third kappa shape index (κ3) is 3.51. The summed E-state index contributed by atoms with van der Waals surface area (Å²) < 4.78 is 5.33. The van der Waals surface area contributed by atoms with Gasteiger partial charge in [0.2, 0.25) is 0 Å². The molecule has 3 nitrogen and oxygen atoms in total. The number of para-hydroxylation sites is 1. The third-order valence-corrected chi connectivity index (χ3v) is 3.71. The van der Waals surface area contributed by atoms with Crippen LogP contribution in [0, 0.1) is 17.8 Å². The van der Waals surface area contributed by atoms with Gasteiger partial charge < -0.3 is 9.64 Å². The lowest BCUT2D eigenvalue weighted by Gasteiger charge is -2.37. The summed E-state index contributed by atoms with van der Waals surface area (Å²) in [5, 5.41) is 0. The second-order valence-electron chi connectivity index (χ2n) is 5.36. The number of likely N-dealkylation sites (tertiary alicyclic amines) is 1. The predicted octanol–water partition coefficient (Wildman–Crippen LogP) is 3.31. The topological polar surface area (TPSA) is 29.5 Å². The Kier molecular flexibility index (Phi) is 4.11. The Bertz CT molecular complexity index is 467. The lowest BCUT2D eigenvalue weighted by atomic mass is 9.78. The summed E-state index contributed by atoms with van der Waals surface area (Å²) in [7, 11) is 0. The molecule has 0 atom stereocenters. The van der Waals surface area contributed by atoms with E-state index < -0.39 is 0 Å². The number of rotatable bonds is 2. The molecule has 100 valence electrons. The summed E-state index contributed by atoms with van der Waals surface area (Å²) in [5.41, 5.74) is 0.165. The average Bonchev–Trinajstić information content (AvgIpc) is 2.40. The monoisotopic (exact) mass is 257 g/mol. The van der Waals surface area contributed by atoms with E-state index in [2.05, 4.69) is 12.8 Å². The minimum atomic E-state index is -0.269. The standard InChI is InChI=1S/C16H19NO2/c1-3-9-16(2)10-12-17(13-11-16)15(18)19-14-7-5-4-6-8-14/h1,4-8H,9-13H2,2H3. The fraction of sp³-hybridized carbons (Fsp3) is 0.438. The number of nitrogens with zero attached hydrogens (tertiary/aromatic N) is 1. The average molecular weight is 257 g/mol. The summed E-state index contributed by atoms with van der Waals surface area (Å²) in [6.45, 7) is 3.61. The summed E-state index contributed by atoms with van der Waals surface area (Å²) in [6, 6.07) is 9.16. The molecule has 1 aliphatic heterocycles. The molecule has 0 saturated carbocycles. The summed E-state index contributed by atoms with van der Waals surface area (Å²) >= 11 is 0. The molecule has 1 aliphatic rings. The van der Waals surface area contributed by atoms with E-state index in [4.69, 9.17) is 11.2 Å². The summed E-state index contributed by atoms with van der Waals surface area (Å²) in [5.74, 6) is 3.31. The van der Waals surface area contributed by atoms with E-state index in [0.717, 1.165) is 19.3 Å². The van der Waals surface area contributed by atoms with Crippen molar-refractivity contribution in [3.05, 3.63) is 30.3 Å². The summed E-state index contributed by atoms with van der Waals surface area (Å²) in [4.78, 5) is 13.8. The zero-order valence-corrected chi connectivity index (χ0v) is 11.3. The van der Waals surface area contributed by atoms with E-state index in [1.807, 2.05) is 18.2 Å². The van der Waals surface area contributed by atoms with Gasteiger partial charge in [0.1, 0.15) is 5.75 Å². The first kappa shape index (κ1) is 13.5. The van der Waals surface area contributed by atoms with Crippen molar-refractivity contribution in [3.63, 3.8) is 0 Å². The number of benzene rings is 1. The smallest absolute Gasteiger partial charge is 0.410 e. The maximum Gasteiger partial charge on any atom is 0.415 e. The van der Waals surface area contributed by atoms with E-state index >= 15 is 0 Å². The van der Waals surface area contributed by atoms with Crippen LogP contribution in [0.5, 0.6) is 5.75 Å². The lowest BCUT2D eigenvalue weighted by Crippen LogP contribution is -2.43. The first-order valence-electron chi connectivity index (χ1n) is 6.58. The maximum absolute atomic E-state index is 12.0. The van der Waals surface area contributed by atoms with Crippen molar-refractivity contribution >= 4 is 6.09 Å². The molecule has 1 heterocycles. The molecule has 0 unspecified atom stereocenters. The lowest BCUT2D eigenvalue weighted by molar-refractivity contribution is 0.104. The fourth-order valence-electron chi connectivity index (χ4n) is 2.31. The number of hydrogen-bond acceptors (Lipinski definition) is 2. The van der Waals surface area contributed by atoms with Crippen LogP contribution in [0.1, 0.15) is 26.2 Å². The van der Waals surface area contributed by atoms with Crippen LogP contribution in [-0.4, -0.2) is 24.1 Å². The van der Waals surface area contributed by atoms with Gasteiger partial charge in [-0.1, -0.05) is 25.1 Å². The predicted molar refractivity (Wildman–Crippen MR) is 74.8 cm³/mol. The van der Waals surface area contributed by atoms with Gasteiger partial charge in [0.25, 0.3) is 0 Å². The molecule has 1 amide bonds. The number of carbonyl (C=O) groups excluding carboxylic acids is 1. The highest BCUT2D eigenvalue weighted by Crippen LogP contribution is 2.34. The van der Waals surface area contributed by atoms with Gasteiger partial charge in [-0.3, -0.25) is 0 Å². The Morgan fingerprint density at radius 3 is 2.58 bits per heavy atom. The third-order valence-electron chi connectivity index (χ3n) is 3.71. The highest BCUT2D eigenvalue weighted by Gasteiger charge is 2.31. The van der Waals surface area contributed by atoms with Crippen LogP contribution >= 0.6 is 0 Å². The summed E-state index contributed by atoms with van der Waals surface area (Å²) in [6.07, 6.45) is 7.75. The zero-order chi connectivity index (χ0) is 13.7. The van der Waals surface area contributed by atoms with Gasteiger partial charge in [-0.15, -0.1) is 12.3 Å². The van der Waals surface area contributed by atoms with Crippen LogP contribution in [-0.2, 0) is 0 Å². The minimum Gasteiger partial charge on any atom is -0.410 e. The largest absolute Gasteiger partial charge is 0.415 e. The van der Waals surface area contributed by atoms with Crippen LogP contribution in [0.15, 0.2) is 30.3 Å². The van der Waals surface area contributed by atoms with E-state index in [0.29, 0.717) is 18.8 Å². The van der Waals surface area contributed by atoms with E-state index in [-0.39, 0.29) is 11.5 Å². The van der Waals surface area contributed by atoms with Crippen molar-refractivity contribution in [1.82, 2.24) is 4.90 Å². The Labute approximate surface area is 114 Å². The molecule has 1 fully saturated rings. The first-order chi connectivity index (χ1) is 9.13. The van der Waals surface area contributed by atoms with Gasteiger partial charge in [-0.25, -0.2) is 4.79 Å². The van der Waals surface area contributed by atoms with E-state index in [1.165, 1.54) is 0 Å². The second-order valence-corrected chi connectivity index (χ2v) is 5.36. The first-order valence-corrected chi connectivity index (χ1v) is 6.58.